The summed E-state index contributed by atoms with van der Waals surface area (Å²) in [7, 11) is 0. The third kappa shape index (κ3) is 5.86. The van der Waals surface area contributed by atoms with Crippen LogP contribution in [0, 0.1) is 12.7 Å². The summed E-state index contributed by atoms with van der Waals surface area (Å²) in [6, 6.07) is 10.8. The zero-order chi connectivity index (χ0) is 18.4. The molecule has 0 radical (unpaired) electrons. The first-order valence-corrected chi connectivity index (χ1v) is 8.40. The van der Waals surface area contributed by atoms with E-state index in [1.165, 1.54) is 24.3 Å². The summed E-state index contributed by atoms with van der Waals surface area (Å²) in [5.41, 5.74) is 1.58. The number of rotatable bonds is 6. The van der Waals surface area contributed by atoms with Gasteiger partial charge in [0, 0.05) is 10.2 Å². The fraction of sp³-hybridized carbons (Fsp3) is 0.222. The Morgan fingerprint density at radius 1 is 1.20 bits per heavy atom. The van der Waals surface area contributed by atoms with Crippen LogP contribution >= 0.6 is 15.9 Å². The molecule has 0 saturated heterocycles. The number of halogens is 2. The number of nitrogens with one attached hydrogen (secondary N) is 2. The fourth-order valence-corrected chi connectivity index (χ4v) is 2.52. The van der Waals surface area contributed by atoms with Gasteiger partial charge in [-0.2, -0.15) is 0 Å². The lowest BCUT2D eigenvalue weighted by atomic mass is 10.2. The van der Waals surface area contributed by atoms with Crippen LogP contribution in [0.25, 0.3) is 0 Å². The minimum atomic E-state index is -0.812. The molecule has 1 atom stereocenters. The maximum absolute atomic E-state index is 12.8. The largest absolute Gasteiger partial charge is 0.481 e. The van der Waals surface area contributed by atoms with Gasteiger partial charge in [-0.3, -0.25) is 9.59 Å². The molecule has 2 N–H and O–H groups in total. The molecule has 2 rings (SSSR count). The van der Waals surface area contributed by atoms with Crippen LogP contribution in [0.5, 0.6) is 5.75 Å². The maximum Gasteiger partial charge on any atom is 0.261 e. The molecule has 0 aliphatic heterocycles. The number of amides is 2. The highest BCUT2D eigenvalue weighted by molar-refractivity contribution is 9.10. The topological polar surface area (TPSA) is 67.4 Å². The van der Waals surface area contributed by atoms with Crippen molar-refractivity contribution in [1.82, 2.24) is 5.32 Å². The Morgan fingerprint density at radius 3 is 2.52 bits per heavy atom. The smallest absolute Gasteiger partial charge is 0.261 e. The second-order valence-electron chi connectivity index (χ2n) is 5.44. The van der Waals surface area contributed by atoms with E-state index in [-0.39, 0.29) is 18.3 Å². The molecule has 2 amide bonds. The molecule has 25 heavy (non-hydrogen) atoms. The van der Waals surface area contributed by atoms with Gasteiger partial charge in [0.25, 0.3) is 5.91 Å². The van der Waals surface area contributed by atoms with E-state index in [0.717, 1.165) is 10.0 Å². The Morgan fingerprint density at radius 2 is 1.88 bits per heavy atom. The Balaban J connectivity index is 1.82. The molecule has 2 aromatic rings. The van der Waals surface area contributed by atoms with Crippen molar-refractivity contribution in [3.05, 3.63) is 58.3 Å². The van der Waals surface area contributed by atoms with Gasteiger partial charge < -0.3 is 15.4 Å². The summed E-state index contributed by atoms with van der Waals surface area (Å²) in [4.78, 5) is 23.9. The summed E-state index contributed by atoms with van der Waals surface area (Å²) < 4.78 is 19.2. The summed E-state index contributed by atoms with van der Waals surface area (Å²) in [5.74, 6) is -0.789. The molecule has 5 nitrogen and oxygen atoms in total. The van der Waals surface area contributed by atoms with Crippen LogP contribution in [-0.2, 0) is 9.59 Å². The van der Waals surface area contributed by atoms with Crippen molar-refractivity contribution >= 4 is 33.4 Å². The normalized spacial score (nSPS) is 11.5. The van der Waals surface area contributed by atoms with Crippen LogP contribution in [0.4, 0.5) is 10.1 Å². The van der Waals surface area contributed by atoms with Crippen molar-refractivity contribution in [1.29, 1.82) is 0 Å². The average molecular weight is 409 g/mol. The first-order valence-electron chi connectivity index (χ1n) is 7.61. The van der Waals surface area contributed by atoms with E-state index in [1.54, 1.807) is 13.0 Å². The maximum atomic E-state index is 12.8. The zero-order valence-corrected chi connectivity index (χ0v) is 15.4. The van der Waals surface area contributed by atoms with Crippen molar-refractivity contribution in [3.63, 3.8) is 0 Å². The molecule has 0 saturated carbocycles. The Hall–Kier alpha value is -2.41. The predicted octanol–water partition coefficient (Wildman–Crippen LogP) is 3.42. The number of anilines is 1. The highest BCUT2D eigenvalue weighted by Crippen LogP contribution is 2.19. The number of hydrogen-bond donors (Lipinski definition) is 2. The second-order valence-corrected chi connectivity index (χ2v) is 6.35. The Labute approximate surface area is 153 Å². The number of carbonyl (C=O) groups is 2. The van der Waals surface area contributed by atoms with Gasteiger partial charge in [0.2, 0.25) is 5.91 Å². The van der Waals surface area contributed by atoms with Crippen molar-refractivity contribution in [2.45, 2.75) is 20.0 Å². The molecule has 0 bridgehead atoms. The number of benzene rings is 2. The second kappa shape index (κ2) is 8.62. The molecule has 0 fully saturated rings. The Kier molecular flexibility index (Phi) is 6.52. The summed E-state index contributed by atoms with van der Waals surface area (Å²) in [5, 5.41) is 5.24. The lowest BCUT2D eigenvalue weighted by molar-refractivity contribution is -0.129. The number of carbonyl (C=O) groups excluding carboxylic acids is 2. The fourth-order valence-electron chi connectivity index (χ4n) is 2.04. The predicted molar refractivity (Wildman–Crippen MR) is 97.0 cm³/mol. The van der Waals surface area contributed by atoms with Crippen LogP contribution in [0.15, 0.2) is 46.9 Å². The molecule has 132 valence electrons. The van der Waals surface area contributed by atoms with E-state index in [0.29, 0.717) is 11.4 Å². The van der Waals surface area contributed by atoms with Crippen LogP contribution in [0.1, 0.15) is 12.5 Å². The van der Waals surface area contributed by atoms with Gasteiger partial charge in [-0.25, -0.2) is 4.39 Å². The average Bonchev–Trinajstić information content (AvgIpc) is 2.57. The van der Waals surface area contributed by atoms with Gasteiger partial charge in [0.1, 0.15) is 11.6 Å². The molecule has 0 aliphatic rings. The quantitative estimate of drug-likeness (QED) is 0.769. The van der Waals surface area contributed by atoms with Gasteiger partial charge in [-0.15, -0.1) is 0 Å². The van der Waals surface area contributed by atoms with Crippen molar-refractivity contribution in [2.24, 2.45) is 0 Å². The molecule has 1 unspecified atom stereocenters. The van der Waals surface area contributed by atoms with E-state index >= 15 is 0 Å². The third-order valence-electron chi connectivity index (χ3n) is 3.38. The van der Waals surface area contributed by atoms with Gasteiger partial charge in [0.15, 0.2) is 6.10 Å². The monoisotopic (exact) mass is 408 g/mol. The minimum absolute atomic E-state index is 0.175. The van der Waals surface area contributed by atoms with E-state index in [4.69, 9.17) is 4.74 Å². The van der Waals surface area contributed by atoms with Crippen LogP contribution < -0.4 is 15.4 Å². The molecule has 0 aromatic heterocycles. The first kappa shape index (κ1) is 18.9. The molecular formula is C18H18BrFN2O3. The SMILES string of the molecule is Cc1cc(Br)ccc1NC(=O)CNC(=O)C(C)Oc1ccc(F)cc1. The highest BCUT2D eigenvalue weighted by atomic mass is 79.9. The van der Waals surface area contributed by atoms with Crippen molar-refractivity contribution in [2.75, 3.05) is 11.9 Å². The summed E-state index contributed by atoms with van der Waals surface area (Å²) >= 11 is 3.35. The lowest BCUT2D eigenvalue weighted by Crippen LogP contribution is -2.40. The van der Waals surface area contributed by atoms with Gasteiger partial charge >= 0.3 is 0 Å². The van der Waals surface area contributed by atoms with Crippen molar-refractivity contribution < 1.29 is 18.7 Å². The summed E-state index contributed by atoms with van der Waals surface area (Å²) in [6.07, 6.45) is -0.812. The van der Waals surface area contributed by atoms with Gasteiger partial charge in [0.05, 0.1) is 6.54 Å². The molecule has 0 spiro atoms. The number of aryl methyl sites for hydroxylation is 1. The standard InChI is InChI=1S/C18H18BrFN2O3/c1-11-9-13(19)3-8-16(11)22-17(23)10-21-18(24)12(2)25-15-6-4-14(20)5-7-15/h3-9,12H,10H2,1-2H3,(H,21,24)(H,22,23). The molecule has 2 aromatic carbocycles. The van der Waals surface area contributed by atoms with E-state index in [1.807, 2.05) is 19.1 Å². The van der Waals surface area contributed by atoms with Crippen LogP contribution in [0.3, 0.4) is 0 Å². The Bertz CT molecular complexity index is 765. The highest BCUT2D eigenvalue weighted by Gasteiger charge is 2.16. The van der Waals surface area contributed by atoms with Crippen molar-refractivity contribution in [3.8, 4) is 5.75 Å². The zero-order valence-electron chi connectivity index (χ0n) is 13.8. The van der Waals surface area contributed by atoms with E-state index in [9.17, 15) is 14.0 Å². The van der Waals surface area contributed by atoms with Crippen LogP contribution in [0.2, 0.25) is 0 Å². The molecular weight excluding hydrogens is 391 g/mol. The molecule has 0 heterocycles. The van der Waals surface area contributed by atoms with Crippen LogP contribution in [-0.4, -0.2) is 24.5 Å². The number of hydrogen-bond acceptors (Lipinski definition) is 3. The third-order valence-corrected chi connectivity index (χ3v) is 3.87. The molecule has 0 aliphatic carbocycles. The summed E-state index contributed by atoms with van der Waals surface area (Å²) in [6.45, 7) is 3.25. The van der Waals surface area contributed by atoms with E-state index in [2.05, 4.69) is 26.6 Å². The van der Waals surface area contributed by atoms with Gasteiger partial charge in [-0.1, -0.05) is 15.9 Å². The van der Waals surface area contributed by atoms with E-state index < -0.39 is 12.0 Å². The minimum Gasteiger partial charge on any atom is -0.481 e. The first-order chi connectivity index (χ1) is 11.8. The molecule has 7 heteroatoms. The number of ether oxygens (including phenoxy) is 1. The lowest BCUT2D eigenvalue weighted by Gasteiger charge is -2.15. The van der Waals surface area contributed by atoms with Gasteiger partial charge in [-0.05, 0) is 61.9 Å².